The zero-order valence-electron chi connectivity index (χ0n) is 14.9. The highest BCUT2D eigenvalue weighted by Crippen LogP contribution is 2.26. The van der Waals surface area contributed by atoms with Crippen molar-refractivity contribution in [3.05, 3.63) is 55.3 Å². The van der Waals surface area contributed by atoms with Crippen LogP contribution in [0.5, 0.6) is 0 Å². The van der Waals surface area contributed by atoms with Gasteiger partial charge in [-0.1, -0.05) is 30.0 Å². The number of nitrogens with one attached hydrogen (secondary N) is 1. The van der Waals surface area contributed by atoms with Crippen LogP contribution in [0.2, 0.25) is 0 Å². The third-order valence-electron chi connectivity index (χ3n) is 3.71. The molecule has 1 N–H and O–H groups in total. The molecule has 0 bridgehead atoms. The van der Waals surface area contributed by atoms with Crippen molar-refractivity contribution < 1.29 is 9.21 Å². The predicted octanol–water partition coefficient (Wildman–Crippen LogP) is 4.57. The molecule has 2 aromatic heterocycles. The summed E-state index contributed by atoms with van der Waals surface area (Å²) in [5, 5.41) is 12.1. The molecule has 0 spiro atoms. The summed E-state index contributed by atoms with van der Waals surface area (Å²) in [5.41, 5.74) is 0.843. The fraction of sp³-hybridized carbons (Fsp3) is 0.211. The molecule has 3 rings (SSSR count). The Morgan fingerprint density at radius 3 is 2.89 bits per heavy atom. The number of amides is 1. The number of rotatable bonds is 9. The maximum atomic E-state index is 12.3. The molecule has 0 saturated heterocycles. The summed E-state index contributed by atoms with van der Waals surface area (Å²) in [5.74, 6) is 1.88. The monoisotopic (exact) mass is 400 g/mol. The van der Waals surface area contributed by atoms with Crippen molar-refractivity contribution in [2.45, 2.75) is 23.0 Å². The Bertz CT molecular complexity index is 906. The second-order valence-electron chi connectivity index (χ2n) is 5.53. The van der Waals surface area contributed by atoms with Crippen LogP contribution in [0.1, 0.15) is 6.42 Å². The molecule has 0 unspecified atom stereocenters. The van der Waals surface area contributed by atoms with Crippen molar-refractivity contribution >= 4 is 35.1 Å². The van der Waals surface area contributed by atoms with Gasteiger partial charge in [-0.15, -0.1) is 28.5 Å². The number of para-hydroxylation sites is 1. The molecule has 8 heteroatoms. The molecule has 3 aromatic rings. The van der Waals surface area contributed by atoms with Gasteiger partial charge >= 0.3 is 0 Å². The summed E-state index contributed by atoms with van der Waals surface area (Å²) < 4.78 is 7.35. The fourth-order valence-electron chi connectivity index (χ4n) is 2.47. The molecule has 0 fully saturated rings. The molecule has 1 aromatic carbocycles. The number of nitrogens with zero attached hydrogens (tertiary/aromatic N) is 3. The number of aromatic nitrogens is 3. The second-order valence-corrected chi connectivity index (χ2v) is 7.44. The van der Waals surface area contributed by atoms with Gasteiger partial charge in [0.1, 0.15) is 0 Å². The van der Waals surface area contributed by atoms with Crippen LogP contribution in [0.4, 0.5) is 5.69 Å². The Balaban J connectivity index is 1.60. The van der Waals surface area contributed by atoms with E-state index < -0.39 is 0 Å². The number of anilines is 1. The van der Waals surface area contributed by atoms with Gasteiger partial charge in [0.25, 0.3) is 0 Å². The van der Waals surface area contributed by atoms with E-state index in [4.69, 9.17) is 4.42 Å². The topological polar surface area (TPSA) is 73.0 Å². The van der Waals surface area contributed by atoms with Gasteiger partial charge in [0.05, 0.1) is 12.0 Å². The first kappa shape index (κ1) is 19.3. The lowest BCUT2D eigenvalue weighted by Crippen LogP contribution is -2.13. The van der Waals surface area contributed by atoms with Gasteiger partial charge in [0.2, 0.25) is 11.7 Å². The van der Waals surface area contributed by atoms with E-state index in [1.54, 1.807) is 24.1 Å². The van der Waals surface area contributed by atoms with Gasteiger partial charge in [-0.3, -0.25) is 9.36 Å². The van der Waals surface area contributed by atoms with Gasteiger partial charge in [0, 0.05) is 23.6 Å². The maximum Gasteiger partial charge on any atom is 0.225 e. The summed E-state index contributed by atoms with van der Waals surface area (Å²) in [6, 6.07) is 11.4. The Morgan fingerprint density at radius 1 is 1.30 bits per heavy atom. The Hall–Kier alpha value is -2.45. The number of thioether (sulfide) groups is 2. The predicted molar refractivity (Wildman–Crippen MR) is 110 cm³/mol. The third-order valence-corrected chi connectivity index (χ3v) is 5.48. The van der Waals surface area contributed by atoms with Crippen molar-refractivity contribution in [3.63, 3.8) is 0 Å². The molecular weight excluding hydrogens is 380 g/mol. The van der Waals surface area contributed by atoms with Gasteiger partial charge < -0.3 is 9.73 Å². The number of carbonyl (C=O) groups is 1. The van der Waals surface area contributed by atoms with Crippen molar-refractivity contribution in [1.82, 2.24) is 14.8 Å². The van der Waals surface area contributed by atoms with Crippen LogP contribution >= 0.6 is 23.5 Å². The van der Waals surface area contributed by atoms with Crippen molar-refractivity contribution in [2.75, 3.05) is 17.3 Å². The Labute approximate surface area is 166 Å². The SMILES string of the molecule is C=CCn1c(SCCC(=O)Nc2ccccc2SC)nnc1-c1ccco1. The van der Waals surface area contributed by atoms with Crippen LogP contribution in [0.3, 0.4) is 0 Å². The quantitative estimate of drug-likeness (QED) is 0.419. The third kappa shape index (κ3) is 4.84. The molecule has 0 atom stereocenters. The van der Waals surface area contributed by atoms with Crippen LogP contribution < -0.4 is 5.32 Å². The normalized spacial score (nSPS) is 10.7. The highest BCUT2D eigenvalue weighted by Gasteiger charge is 2.16. The molecule has 140 valence electrons. The molecule has 2 heterocycles. The zero-order valence-corrected chi connectivity index (χ0v) is 16.6. The minimum absolute atomic E-state index is 0.0231. The molecule has 0 aliphatic heterocycles. The highest BCUT2D eigenvalue weighted by molar-refractivity contribution is 7.99. The summed E-state index contributed by atoms with van der Waals surface area (Å²) in [6.45, 7) is 4.36. The van der Waals surface area contributed by atoms with E-state index in [-0.39, 0.29) is 5.91 Å². The molecular formula is C19H20N4O2S2. The number of hydrogen-bond acceptors (Lipinski definition) is 6. The summed E-state index contributed by atoms with van der Waals surface area (Å²) >= 11 is 3.09. The van der Waals surface area contributed by atoms with Gasteiger partial charge in [-0.2, -0.15) is 0 Å². The summed E-state index contributed by atoms with van der Waals surface area (Å²) in [6.07, 6.45) is 5.76. The lowest BCUT2D eigenvalue weighted by Gasteiger charge is -2.09. The van der Waals surface area contributed by atoms with Crippen LogP contribution in [0.15, 0.2) is 69.8 Å². The Kier molecular flexibility index (Phi) is 6.78. The van der Waals surface area contributed by atoms with E-state index in [1.165, 1.54) is 11.8 Å². The maximum absolute atomic E-state index is 12.3. The largest absolute Gasteiger partial charge is 0.461 e. The van der Waals surface area contributed by atoms with Gasteiger partial charge in [-0.05, 0) is 30.5 Å². The number of hydrogen-bond donors (Lipinski definition) is 1. The van der Waals surface area contributed by atoms with E-state index in [1.807, 2.05) is 47.2 Å². The molecule has 0 saturated carbocycles. The van der Waals surface area contributed by atoms with Crippen LogP contribution in [0, 0.1) is 0 Å². The molecule has 27 heavy (non-hydrogen) atoms. The number of carbonyl (C=O) groups excluding carboxylic acids is 1. The smallest absolute Gasteiger partial charge is 0.225 e. The van der Waals surface area contributed by atoms with Crippen LogP contribution in [-0.4, -0.2) is 32.7 Å². The molecule has 6 nitrogen and oxygen atoms in total. The van der Waals surface area contributed by atoms with Gasteiger partial charge in [0.15, 0.2) is 10.9 Å². The molecule has 0 aliphatic carbocycles. The Morgan fingerprint density at radius 2 is 2.15 bits per heavy atom. The first-order chi connectivity index (χ1) is 13.2. The first-order valence-electron chi connectivity index (χ1n) is 8.36. The number of furan rings is 1. The number of benzene rings is 1. The van der Waals surface area contributed by atoms with Crippen molar-refractivity contribution in [3.8, 4) is 11.6 Å². The first-order valence-corrected chi connectivity index (χ1v) is 10.6. The minimum atomic E-state index is -0.0231. The minimum Gasteiger partial charge on any atom is -0.461 e. The van der Waals surface area contributed by atoms with E-state index in [0.717, 1.165) is 15.7 Å². The lowest BCUT2D eigenvalue weighted by atomic mass is 10.3. The molecule has 1 amide bonds. The summed E-state index contributed by atoms with van der Waals surface area (Å²) in [4.78, 5) is 13.3. The van der Waals surface area contributed by atoms with E-state index in [0.29, 0.717) is 30.3 Å². The van der Waals surface area contributed by atoms with Gasteiger partial charge in [-0.25, -0.2) is 0 Å². The molecule has 0 aliphatic rings. The van der Waals surface area contributed by atoms with Crippen molar-refractivity contribution in [1.29, 1.82) is 0 Å². The molecule has 0 radical (unpaired) electrons. The lowest BCUT2D eigenvalue weighted by molar-refractivity contribution is -0.115. The van der Waals surface area contributed by atoms with E-state index in [9.17, 15) is 4.79 Å². The highest BCUT2D eigenvalue weighted by atomic mass is 32.2. The zero-order chi connectivity index (χ0) is 19.1. The number of allylic oxidation sites excluding steroid dienone is 1. The van der Waals surface area contributed by atoms with Crippen molar-refractivity contribution in [2.24, 2.45) is 0 Å². The average molecular weight is 401 g/mol. The van der Waals surface area contributed by atoms with Crippen LogP contribution in [0.25, 0.3) is 11.6 Å². The summed E-state index contributed by atoms with van der Waals surface area (Å²) in [7, 11) is 0. The van der Waals surface area contributed by atoms with Crippen LogP contribution in [-0.2, 0) is 11.3 Å². The second kappa shape index (κ2) is 9.48. The van der Waals surface area contributed by atoms with E-state index >= 15 is 0 Å². The van der Waals surface area contributed by atoms with E-state index in [2.05, 4.69) is 22.1 Å². The average Bonchev–Trinajstić information content (AvgIpc) is 3.33. The standard InChI is InChI=1S/C19H20N4O2S2/c1-3-11-23-18(15-8-6-12-25-15)21-22-19(23)27-13-10-17(24)20-14-7-4-5-9-16(14)26-2/h3-9,12H,1,10-11,13H2,2H3,(H,20,24). The fourth-order valence-corrected chi connectivity index (χ4v) is 3.91.